The maximum absolute atomic E-state index is 12.1. The number of carbonyl (C=O) groups excluding carboxylic acids is 1. The van der Waals surface area contributed by atoms with Crippen molar-refractivity contribution in [3.63, 3.8) is 0 Å². The molecule has 1 aliphatic rings. The Kier molecular flexibility index (Phi) is 11.0. The van der Waals surface area contributed by atoms with Gasteiger partial charge in [-0.3, -0.25) is 9.78 Å². The first-order valence-electron chi connectivity index (χ1n) is 8.36. The molecule has 1 heterocycles. The fourth-order valence-electron chi connectivity index (χ4n) is 2.94. The number of rotatable bonds is 4. The van der Waals surface area contributed by atoms with Crippen LogP contribution in [0.3, 0.4) is 0 Å². The van der Waals surface area contributed by atoms with Gasteiger partial charge in [-0.15, -0.1) is 0 Å². The molecule has 0 N–H and O–H groups in total. The monoisotopic (exact) mass is 482 g/mol. The van der Waals surface area contributed by atoms with Crippen LogP contribution in [0.2, 0.25) is 0 Å². The summed E-state index contributed by atoms with van der Waals surface area (Å²) >= 11 is 6.08. The largest absolute Gasteiger partial charge is 1.00 e. The van der Waals surface area contributed by atoms with Gasteiger partial charge in [0, 0.05) is 47.3 Å². The fraction of sp³-hybridized carbons (Fsp3) is 0.250. The molecule has 28 heavy (non-hydrogen) atoms. The fourth-order valence-corrected chi connectivity index (χ4v) is 3.14. The van der Waals surface area contributed by atoms with Crippen LogP contribution in [-0.2, 0) is 16.8 Å². The van der Waals surface area contributed by atoms with E-state index in [0.717, 1.165) is 24.3 Å². The number of fused-ring (bicyclic) bond motifs is 1. The molecule has 1 aromatic carbocycles. The summed E-state index contributed by atoms with van der Waals surface area (Å²) in [6.45, 7) is 8.24. The maximum Gasteiger partial charge on any atom is 0.223 e. The Morgan fingerprint density at radius 2 is 1.82 bits per heavy atom. The number of halogens is 3. The minimum absolute atomic E-state index is 0. The van der Waals surface area contributed by atoms with Gasteiger partial charge < -0.3 is 29.7 Å². The summed E-state index contributed by atoms with van der Waals surface area (Å²) in [7, 11) is 0. The number of aliphatic imine (C=N–C) groups is 1. The van der Waals surface area contributed by atoms with E-state index in [9.17, 15) is 4.79 Å². The topological polar surface area (TPSA) is 45.6 Å². The van der Waals surface area contributed by atoms with Crippen LogP contribution in [0.25, 0.3) is 0 Å². The third kappa shape index (κ3) is 5.36. The van der Waals surface area contributed by atoms with Gasteiger partial charge >= 0.3 is 0 Å². The Morgan fingerprint density at radius 1 is 1.14 bits per heavy atom. The van der Waals surface area contributed by atoms with Gasteiger partial charge in [0.25, 0.3) is 0 Å². The Bertz CT molecular complexity index is 896. The van der Waals surface area contributed by atoms with Crippen molar-refractivity contribution in [3.8, 4) is 0 Å². The van der Waals surface area contributed by atoms with Gasteiger partial charge in [-0.1, -0.05) is 11.6 Å². The zero-order valence-corrected chi connectivity index (χ0v) is 19.0. The number of allylic oxidation sites excluding steroid dienone is 2. The Labute approximate surface area is 193 Å². The molecule has 2 aromatic rings. The van der Waals surface area contributed by atoms with E-state index in [1.807, 2.05) is 19.1 Å². The Morgan fingerprint density at radius 3 is 2.43 bits per heavy atom. The predicted octanol–water partition coefficient (Wildman–Crippen LogP) is -1.32. The van der Waals surface area contributed by atoms with Gasteiger partial charge in [0.1, 0.15) is 5.69 Å². The number of benzene rings is 1. The number of hydrogen-bond donors (Lipinski definition) is 0. The number of pyridine rings is 1. The third-order valence-electron chi connectivity index (χ3n) is 4.33. The molecule has 8 heteroatoms. The quantitative estimate of drug-likeness (QED) is 0.542. The van der Waals surface area contributed by atoms with E-state index < -0.39 is 0 Å². The molecular formula is C20H20Cl3CoN3O-2. The van der Waals surface area contributed by atoms with Crippen LogP contribution in [0.1, 0.15) is 35.5 Å². The molecule has 153 valence electrons. The molecule has 0 unspecified atom stereocenters. The first-order chi connectivity index (χ1) is 12.0. The number of nitrogens with zero attached hydrogens (tertiary/aromatic N) is 3. The molecule has 4 nitrogen and oxygen atoms in total. The second-order valence-electron chi connectivity index (χ2n) is 5.86. The number of aromatic nitrogens is 1. The summed E-state index contributed by atoms with van der Waals surface area (Å²) in [4.78, 5) is 23.3. The molecule has 0 spiro atoms. The minimum atomic E-state index is -0.259. The molecule has 3 rings (SSSR count). The summed E-state index contributed by atoms with van der Waals surface area (Å²) < 4.78 is 0. The first-order valence-corrected chi connectivity index (χ1v) is 8.74. The van der Waals surface area contributed by atoms with Gasteiger partial charge in [0.2, 0.25) is 5.78 Å². The average Bonchev–Trinajstić information content (AvgIpc) is 2.62. The molecule has 0 saturated heterocycles. The van der Waals surface area contributed by atoms with E-state index in [1.54, 1.807) is 18.3 Å². The molecule has 0 atom stereocenters. The zero-order chi connectivity index (χ0) is 18.0. The van der Waals surface area contributed by atoms with Crippen molar-refractivity contribution < 1.29 is 46.4 Å². The van der Waals surface area contributed by atoms with Crippen LogP contribution in [0, 0.1) is 6.92 Å². The molecule has 0 bridgehead atoms. The van der Waals surface area contributed by atoms with Crippen molar-refractivity contribution in [2.75, 3.05) is 18.0 Å². The van der Waals surface area contributed by atoms with Gasteiger partial charge in [-0.05, 0) is 62.7 Å². The average molecular weight is 484 g/mol. The van der Waals surface area contributed by atoms with Crippen LogP contribution >= 0.6 is 11.6 Å². The van der Waals surface area contributed by atoms with Crippen LogP contribution < -0.4 is 29.7 Å². The second-order valence-corrected chi connectivity index (χ2v) is 6.27. The molecule has 1 radical (unpaired) electrons. The summed E-state index contributed by atoms with van der Waals surface area (Å²) in [5.41, 5.74) is 4.84. The van der Waals surface area contributed by atoms with Crippen LogP contribution in [0.15, 0.2) is 52.6 Å². The normalized spacial score (nSPS) is 13.5. The first kappa shape index (κ1) is 26.6. The van der Waals surface area contributed by atoms with Crippen molar-refractivity contribution in [3.05, 3.63) is 64.5 Å². The van der Waals surface area contributed by atoms with Gasteiger partial charge in [-0.25, -0.2) is 4.99 Å². The number of anilines is 1. The molecule has 0 amide bonds. The maximum atomic E-state index is 12.1. The van der Waals surface area contributed by atoms with Crippen LogP contribution in [-0.4, -0.2) is 29.6 Å². The van der Waals surface area contributed by atoms with Crippen molar-refractivity contribution in [2.24, 2.45) is 4.99 Å². The van der Waals surface area contributed by atoms with Crippen molar-refractivity contribution in [1.29, 1.82) is 0 Å². The summed E-state index contributed by atoms with van der Waals surface area (Å²) in [5.74, 6) is -0.259. The SMILES string of the molecule is CCN(CC)c1ccc(N=C2C=C(Cl)C(=O)c3ncccc32)c(C)c1.[Cl-].[Cl-].[Co]. The smallest absolute Gasteiger partial charge is 0.223 e. The number of Topliss-reactive ketones (excluding diaryl/α,β-unsaturated/α-hetero) is 1. The van der Waals surface area contributed by atoms with Crippen molar-refractivity contribution >= 4 is 34.5 Å². The molecule has 1 aromatic heterocycles. The summed E-state index contributed by atoms with van der Waals surface area (Å²) in [6.07, 6.45) is 3.21. The van der Waals surface area contributed by atoms with E-state index in [0.29, 0.717) is 17.0 Å². The van der Waals surface area contributed by atoms with E-state index in [-0.39, 0.29) is 52.4 Å². The van der Waals surface area contributed by atoms with E-state index in [4.69, 9.17) is 16.6 Å². The molecular weight excluding hydrogens is 464 g/mol. The van der Waals surface area contributed by atoms with E-state index >= 15 is 0 Å². The Balaban J connectivity index is 0.00000243. The van der Waals surface area contributed by atoms with Crippen molar-refractivity contribution in [2.45, 2.75) is 20.8 Å². The van der Waals surface area contributed by atoms with Crippen molar-refractivity contribution in [1.82, 2.24) is 4.98 Å². The van der Waals surface area contributed by atoms with E-state index in [1.165, 1.54) is 5.69 Å². The molecule has 0 aliphatic heterocycles. The van der Waals surface area contributed by atoms with Gasteiger partial charge in [0.15, 0.2) is 0 Å². The van der Waals surface area contributed by atoms with Gasteiger partial charge in [0.05, 0.1) is 16.4 Å². The summed E-state index contributed by atoms with van der Waals surface area (Å²) in [5, 5.41) is 0.141. The number of aryl methyl sites for hydroxylation is 1. The minimum Gasteiger partial charge on any atom is -1.00 e. The number of ketones is 1. The Hall–Kier alpha value is -1.37. The predicted molar refractivity (Wildman–Crippen MR) is 103 cm³/mol. The number of carbonyl (C=O) groups is 1. The molecule has 0 saturated carbocycles. The second kappa shape index (κ2) is 11.6. The molecule has 0 fully saturated rings. The van der Waals surface area contributed by atoms with Crippen LogP contribution in [0.5, 0.6) is 0 Å². The van der Waals surface area contributed by atoms with Gasteiger partial charge in [-0.2, -0.15) is 0 Å². The number of hydrogen-bond acceptors (Lipinski definition) is 4. The van der Waals surface area contributed by atoms with Crippen LogP contribution in [0.4, 0.5) is 11.4 Å². The third-order valence-corrected chi connectivity index (χ3v) is 4.61. The summed E-state index contributed by atoms with van der Waals surface area (Å²) in [6, 6.07) is 9.85. The van der Waals surface area contributed by atoms with E-state index in [2.05, 4.69) is 35.9 Å². The molecule has 1 aliphatic carbocycles. The standard InChI is InChI=1S/C20H20ClN3O.2ClH.Co/c1-4-24(5-2)14-8-9-17(13(3)11-14)23-18-12-16(21)20(25)19-15(18)7-6-10-22-19;;;/h6-12H,4-5H2,1-3H3;2*1H;/p-2. The zero-order valence-electron chi connectivity index (χ0n) is 15.7.